The monoisotopic (exact) mass is 205 g/mol. The van der Waals surface area contributed by atoms with Gasteiger partial charge in [-0.2, -0.15) is 0 Å². The Bertz CT molecular complexity index is 150. The summed E-state index contributed by atoms with van der Waals surface area (Å²) in [6, 6.07) is 0.427. The molecule has 0 radical (unpaired) electrons. The Morgan fingerprint density at radius 3 is 2.23 bits per heavy atom. The molecule has 80 valence electrons. The van der Waals surface area contributed by atoms with Crippen molar-refractivity contribution in [3.63, 3.8) is 0 Å². The van der Waals surface area contributed by atoms with E-state index in [4.69, 9.17) is 0 Å². The first-order valence-electron chi connectivity index (χ1n) is 5.25. The highest BCUT2D eigenvalue weighted by Crippen LogP contribution is 2.12. The number of hydrogen-bond acceptors (Lipinski definition) is 2. The summed E-state index contributed by atoms with van der Waals surface area (Å²) in [7, 11) is 1.31. The van der Waals surface area contributed by atoms with Crippen molar-refractivity contribution in [2.45, 2.75) is 51.3 Å². The molecule has 3 heteroatoms. The first kappa shape index (κ1) is 13.1. The van der Waals surface area contributed by atoms with Gasteiger partial charge < -0.3 is 5.32 Å². The second-order valence-corrected chi connectivity index (χ2v) is 5.24. The Kier molecular flexibility index (Phi) is 7.57. The summed E-state index contributed by atoms with van der Waals surface area (Å²) in [5.41, 5.74) is 0. The van der Waals surface area contributed by atoms with Crippen LogP contribution in [0.2, 0.25) is 0 Å². The van der Waals surface area contributed by atoms with Crippen LogP contribution in [-0.2, 0) is 10.8 Å². The lowest BCUT2D eigenvalue weighted by molar-refractivity contribution is 0.481. The Morgan fingerprint density at radius 2 is 1.92 bits per heavy atom. The van der Waals surface area contributed by atoms with E-state index in [0.29, 0.717) is 11.3 Å². The molecule has 0 aromatic heterocycles. The lowest BCUT2D eigenvalue weighted by atomic mass is 10.1. The molecule has 0 amide bonds. The number of nitrogens with one attached hydrogen (secondary N) is 1. The predicted octanol–water partition coefficient (Wildman–Crippen LogP) is 1.92. The fraction of sp³-hybridized carbons (Fsp3) is 1.00. The van der Waals surface area contributed by atoms with Crippen molar-refractivity contribution in [1.82, 2.24) is 5.32 Å². The molecule has 0 saturated heterocycles. The van der Waals surface area contributed by atoms with Crippen molar-refractivity contribution < 1.29 is 4.21 Å². The summed E-state index contributed by atoms with van der Waals surface area (Å²) < 4.78 is 11.7. The van der Waals surface area contributed by atoms with Crippen molar-refractivity contribution in [3.05, 3.63) is 0 Å². The molecule has 0 aromatic rings. The lowest BCUT2D eigenvalue weighted by Crippen LogP contribution is -2.40. The number of rotatable bonds is 7. The highest BCUT2D eigenvalue weighted by atomic mass is 32.2. The van der Waals surface area contributed by atoms with E-state index >= 15 is 0 Å². The van der Waals surface area contributed by atoms with E-state index in [2.05, 4.69) is 19.2 Å². The summed E-state index contributed by atoms with van der Waals surface area (Å²) >= 11 is 0. The van der Waals surface area contributed by atoms with Gasteiger partial charge in [-0.1, -0.05) is 27.2 Å². The maximum Gasteiger partial charge on any atom is 0.0498 e. The van der Waals surface area contributed by atoms with E-state index in [1.165, 1.54) is 0 Å². The fourth-order valence-corrected chi connectivity index (χ4v) is 3.13. The summed E-state index contributed by atoms with van der Waals surface area (Å²) in [5.74, 6) is 0.778. The van der Waals surface area contributed by atoms with E-state index in [0.717, 1.165) is 25.0 Å². The third kappa shape index (κ3) is 4.23. The summed E-state index contributed by atoms with van der Waals surface area (Å²) in [4.78, 5) is 0. The van der Waals surface area contributed by atoms with Gasteiger partial charge in [0.15, 0.2) is 0 Å². The van der Waals surface area contributed by atoms with Gasteiger partial charge in [0.2, 0.25) is 0 Å². The van der Waals surface area contributed by atoms with Crippen LogP contribution in [0.5, 0.6) is 0 Å². The van der Waals surface area contributed by atoms with E-state index in [9.17, 15) is 4.21 Å². The molecule has 0 aliphatic rings. The highest BCUT2D eigenvalue weighted by molar-refractivity contribution is 7.85. The lowest BCUT2D eigenvalue weighted by Gasteiger charge is -2.24. The van der Waals surface area contributed by atoms with Crippen LogP contribution in [0, 0.1) is 0 Å². The molecule has 0 rings (SSSR count). The molecular formula is C10H23NOS. The van der Waals surface area contributed by atoms with Crippen LogP contribution >= 0.6 is 0 Å². The molecule has 0 bridgehead atoms. The molecule has 0 aliphatic carbocycles. The van der Waals surface area contributed by atoms with Gasteiger partial charge in [0, 0.05) is 27.8 Å². The third-order valence-corrected chi connectivity index (χ3v) is 4.35. The zero-order valence-electron chi connectivity index (χ0n) is 9.30. The van der Waals surface area contributed by atoms with Crippen LogP contribution in [-0.4, -0.2) is 28.3 Å². The Labute approximate surface area is 84.9 Å². The second kappa shape index (κ2) is 7.51. The summed E-state index contributed by atoms with van der Waals surface area (Å²) in [5, 5.41) is 3.60. The topological polar surface area (TPSA) is 29.1 Å². The highest BCUT2D eigenvalue weighted by Gasteiger charge is 2.21. The van der Waals surface area contributed by atoms with Crippen molar-refractivity contribution >= 4 is 10.8 Å². The average molecular weight is 205 g/mol. The van der Waals surface area contributed by atoms with Gasteiger partial charge >= 0.3 is 0 Å². The first-order valence-corrected chi connectivity index (χ1v) is 6.63. The van der Waals surface area contributed by atoms with Crippen molar-refractivity contribution in [2.75, 3.05) is 12.8 Å². The fourth-order valence-electron chi connectivity index (χ4n) is 1.69. The van der Waals surface area contributed by atoms with Crippen molar-refractivity contribution in [3.8, 4) is 0 Å². The standard InChI is InChI=1S/C10H23NOS/c1-5-8-9(11-4)10(6-2)13(12)7-3/h9-11H,5-8H2,1-4H3. The molecular weight excluding hydrogens is 182 g/mol. The summed E-state index contributed by atoms with van der Waals surface area (Å²) in [6.07, 6.45) is 3.29. The minimum Gasteiger partial charge on any atom is -0.316 e. The van der Waals surface area contributed by atoms with Gasteiger partial charge in [0.05, 0.1) is 0 Å². The van der Waals surface area contributed by atoms with Crippen LogP contribution in [0.15, 0.2) is 0 Å². The molecule has 3 unspecified atom stereocenters. The Hall–Kier alpha value is 0.110. The maximum absolute atomic E-state index is 11.7. The molecule has 0 saturated carbocycles. The SMILES string of the molecule is CCCC(NC)C(CC)S(=O)CC. The first-order chi connectivity index (χ1) is 6.21. The van der Waals surface area contributed by atoms with Gasteiger partial charge in [0.25, 0.3) is 0 Å². The Balaban J connectivity index is 4.23. The van der Waals surface area contributed by atoms with Crippen LogP contribution in [0.3, 0.4) is 0 Å². The zero-order chi connectivity index (χ0) is 10.3. The van der Waals surface area contributed by atoms with E-state index in [-0.39, 0.29) is 0 Å². The normalized spacial score (nSPS) is 18.2. The van der Waals surface area contributed by atoms with Crippen LogP contribution in [0.25, 0.3) is 0 Å². The predicted molar refractivity (Wildman–Crippen MR) is 60.5 cm³/mol. The second-order valence-electron chi connectivity index (χ2n) is 3.30. The van der Waals surface area contributed by atoms with Gasteiger partial charge in [-0.15, -0.1) is 0 Å². The number of hydrogen-bond donors (Lipinski definition) is 1. The quantitative estimate of drug-likeness (QED) is 0.688. The van der Waals surface area contributed by atoms with Gasteiger partial charge in [-0.25, -0.2) is 0 Å². The van der Waals surface area contributed by atoms with Crippen LogP contribution < -0.4 is 5.32 Å². The smallest absolute Gasteiger partial charge is 0.0498 e. The summed E-state index contributed by atoms with van der Waals surface area (Å²) in [6.45, 7) is 6.29. The molecule has 0 heterocycles. The molecule has 1 N–H and O–H groups in total. The van der Waals surface area contributed by atoms with E-state index in [1.807, 2.05) is 14.0 Å². The molecule has 3 atom stereocenters. The van der Waals surface area contributed by atoms with Gasteiger partial charge in [-0.3, -0.25) is 4.21 Å². The third-order valence-electron chi connectivity index (χ3n) is 2.44. The minimum atomic E-state index is -0.659. The molecule has 0 aliphatic heterocycles. The van der Waals surface area contributed by atoms with Crippen molar-refractivity contribution in [1.29, 1.82) is 0 Å². The molecule has 0 spiro atoms. The van der Waals surface area contributed by atoms with E-state index < -0.39 is 10.8 Å². The Morgan fingerprint density at radius 1 is 1.31 bits per heavy atom. The van der Waals surface area contributed by atoms with Crippen molar-refractivity contribution in [2.24, 2.45) is 0 Å². The van der Waals surface area contributed by atoms with E-state index in [1.54, 1.807) is 0 Å². The molecule has 2 nitrogen and oxygen atoms in total. The average Bonchev–Trinajstić information content (AvgIpc) is 2.17. The minimum absolute atomic E-state index is 0.329. The van der Waals surface area contributed by atoms with Crippen LogP contribution in [0.4, 0.5) is 0 Å². The molecule has 13 heavy (non-hydrogen) atoms. The zero-order valence-corrected chi connectivity index (χ0v) is 10.1. The molecule has 0 aromatic carbocycles. The van der Waals surface area contributed by atoms with Gasteiger partial charge in [0.1, 0.15) is 0 Å². The maximum atomic E-state index is 11.7. The van der Waals surface area contributed by atoms with Gasteiger partial charge in [-0.05, 0) is 19.9 Å². The molecule has 0 fully saturated rings. The largest absolute Gasteiger partial charge is 0.316 e. The van der Waals surface area contributed by atoms with Crippen LogP contribution in [0.1, 0.15) is 40.0 Å².